The summed E-state index contributed by atoms with van der Waals surface area (Å²) < 4.78 is 6.12. The molecule has 3 rings (SSSR count). The lowest BCUT2D eigenvalue weighted by molar-refractivity contribution is -0.131. The van der Waals surface area contributed by atoms with E-state index in [1.807, 2.05) is 23.1 Å². The number of nitrogens with one attached hydrogen (secondary N) is 1. The molecule has 31 heavy (non-hydrogen) atoms. The first-order valence-corrected chi connectivity index (χ1v) is 11.7. The summed E-state index contributed by atoms with van der Waals surface area (Å²) >= 11 is 0. The zero-order valence-corrected chi connectivity index (χ0v) is 19.7. The third kappa shape index (κ3) is 7.13. The van der Waals surface area contributed by atoms with Gasteiger partial charge in [0, 0.05) is 51.4 Å². The van der Waals surface area contributed by atoms with Gasteiger partial charge in [-0.25, -0.2) is 4.99 Å². The summed E-state index contributed by atoms with van der Waals surface area (Å²) in [6, 6.07) is 8.13. The molecule has 1 aromatic rings. The van der Waals surface area contributed by atoms with Crippen molar-refractivity contribution in [1.82, 2.24) is 20.0 Å². The number of ether oxygens (including phenoxy) is 1. The molecule has 172 valence electrons. The summed E-state index contributed by atoms with van der Waals surface area (Å²) in [4.78, 5) is 23.9. The molecule has 0 atom stereocenters. The highest BCUT2D eigenvalue weighted by atomic mass is 16.5. The number of carbonyl (C=O) groups is 1. The van der Waals surface area contributed by atoms with Crippen LogP contribution in [0.5, 0.6) is 5.75 Å². The number of likely N-dealkylation sites (tertiary alicyclic amines) is 1. The van der Waals surface area contributed by atoms with E-state index in [-0.39, 0.29) is 11.5 Å². The van der Waals surface area contributed by atoms with Crippen molar-refractivity contribution in [2.75, 3.05) is 52.4 Å². The fraction of sp³-hybridized carbons (Fsp3) is 0.667. The molecule has 2 saturated heterocycles. The van der Waals surface area contributed by atoms with E-state index < -0.39 is 0 Å². The summed E-state index contributed by atoms with van der Waals surface area (Å²) in [5, 5.41) is 3.43. The number of hydrogen-bond donors (Lipinski definition) is 1. The van der Waals surface area contributed by atoms with E-state index >= 15 is 0 Å². The monoisotopic (exact) mass is 429 g/mol. The quantitative estimate of drug-likeness (QED) is 0.556. The van der Waals surface area contributed by atoms with E-state index in [9.17, 15) is 4.79 Å². The number of amides is 1. The lowest BCUT2D eigenvalue weighted by atomic mass is 10.1. The third-order valence-corrected chi connectivity index (χ3v) is 5.61. The van der Waals surface area contributed by atoms with Gasteiger partial charge in [-0.2, -0.15) is 0 Å². The topological polar surface area (TPSA) is 60.4 Å². The molecule has 7 nitrogen and oxygen atoms in total. The number of para-hydroxylation sites is 1. The van der Waals surface area contributed by atoms with Crippen molar-refractivity contribution in [3.63, 3.8) is 0 Å². The highest BCUT2D eigenvalue weighted by molar-refractivity contribution is 5.80. The van der Waals surface area contributed by atoms with E-state index in [1.54, 1.807) is 0 Å². The van der Waals surface area contributed by atoms with Crippen molar-refractivity contribution in [2.24, 2.45) is 4.99 Å². The molecule has 1 amide bonds. The Morgan fingerprint density at radius 3 is 2.35 bits per heavy atom. The van der Waals surface area contributed by atoms with Crippen LogP contribution in [0.4, 0.5) is 0 Å². The van der Waals surface area contributed by atoms with Gasteiger partial charge in [0.2, 0.25) is 5.91 Å². The van der Waals surface area contributed by atoms with Crippen molar-refractivity contribution in [1.29, 1.82) is 0 Å². The Morgan fingerprint density at radius 1 is 1.03 bits per heavy atom. The average Bonchev–Trinajstić information content (AvgIpc) is 3.27. The maximum atomic E-state index is 12.4. The van der Waals surface area contributed by atoms with Crippen molar-refractivity contribution in [3.05, 3.63) is 29.8 Å². The normalized spacial score (nSPS) is 18.4. The Morgan fingerprint density at radius 2 is 1.71 bits per heavy atom. The molecule has 7 heteroatoms. The Hall–Kier alpha value is -2.28. The smallest absolute Gasteiger partial charge is 0.236 e. The molecule has 0 bridgehead atoms. The number of carbonyl (C=O) groups excluding carboxylic acids is 1. The van der Waals surface area contributed by atoms with Gasteiger partial charge in [0.25, 0.3) is 0 Å². The zero-order chi connectivity index (χ0) is 22.3. The Labute approximate surface area is 187 Å². The Bertz CT molecular complexity index is 745. The minimum Gasteiger partial charge on any atom is -0.488 e. The number of benzene rings is 1. The molecule has 0 saturated carbocycles. The van der Waals surface area contributed by atoms with Gasteiger partial charge in [-0.05, 0) is 46.6 Å². The molecule has 2 heterocycles. The molecular weight excluding hydrogens is 390 g/mol. The molecule has 2 aliphatic rings. The summed E-state index contributed by atoms with van der Waals surface area (Å²) in [5.41, 5.74) is 0.843. The number of guanidine groups is 1. The number of hydrogen-bond acceptors (Lipinski definition) is 4. The summed E-state index contributed by atoms with van der Waals surface area (Å²) in [5.74, 6) is 2.10. The average molecular weight is 430 g/mol. The first-order chi connectivity index (χ1) is 14.9. The van der Waals surface area contributed by atoms with Crippen LogP contribution in [0.15, 0.2) is 29.3 Å². The standard InChI is InChI=1S/C24H39N5O2/c1-5-25-23(26-18-20-10-6-7-11-21(20)31-24(2,3)4)29-16-14-27(15-17-29)19-22(30)28-12-8-9-13-28/h6-7,10-11H,5,8-9,12-19H2,1-4H3,(H,25,26). The van der Waals surface area contributed by atoms with Gasteiger partial charge >= 0.3 is 0 Å². The van der Waals surface area contributed by atoms with Gasteiger partial charge in [-0.3, -0.25) is 9.69 Å². The van der Waals surface area contributed by atoms with E-state index in [2.05, 4.69) is 48.9 Å². The van der Waals surface area contributed by atoms with Crippen LogP contribution in [0.25, 0.3) is 0 Å². The predicted molar refractivity (Wildman–Crippen MR) is 125 cm³/mol. The molecule has 2 aliphatic heterocycles. The van der Waals surface area contributed by atoms with Gasteiger partial charge < -0.3 is 19.9 Å². The fourth-order valence-corrected chi connectivity index (χ4v) is 4.03. The van der Waals surface area contributed by atoms with Crippen molar-refractivity contribution in [2.45, 2.75) is 52.7 Å². The molecule has 0 radical (unpaired) electrons. The molecule has 1 aromatic carbocycles. The summed E-state index contributed by atoms with van der Waals surface area (Å²) in [6.45, 7) is 15.6. The maximum Gasteiger partial charge on any atom is 0.236 e. The van der Waals surface area contributed by atoms with Crippen LogP contribution in [-0.4, -0.2) is 84.5 Å². The third-order valence-electron chi connectivity index (χ3n) is 5.61. The van der Waals surface area contributed by atoms with Crippen LogP contribution >= 0.6 is 0 Å². The molecule has 0 aliphatic carbocycles. The van der Waals surface area contributed by atoms with Crippen LogP contribution in [0.3, 0.4) is 0 Å². The number of rotatable bonds is 6. The molecule has 0 spiro atoms. The first kappa shape index (κ1) is 23.4. The summed E-state index contributed by atoms with van der Waals surface area (Å²) in [7, 11) is 0. The number of aliphatic imine (C=N–C) groups is 1. The molecular formula is C24H39N5O2. The molecule has 0 unspecified atom stereocenters. The molecule has 0 aromatic heterocycles. The second kappa shape index (κ2) is 10.8. The number of piperazine rings is 1. The molecule has 2 fully saturated rings. The highest BCUT2D eigenvalue weighted by Gasteiger charge is 2.24. The second-order valence-electron chi connectivity index (χ2n) is 9.34. The Kier molecular flexibility index (Phi) is 8.18. The lowest BCUT2D eigenvalue weighted by Gasteiger charge is -2.36. The zero-order valence-electron chi connectivity index (χ0n) is 19.7. The van der Waals surface area contributed by atoms with Gasteiger partial charge in [0.1, 0.15) is 11.4 Å². The Balaban J connectivity index is 1.57. The van der Waals surface area contributed by atoms with Gasteiger partial charge in [0.05, 0.1) is 13.1 Å². The second-order valence-corrected chi connectivity index (χ2v) is 9.34. The maximum absolute atomic E-state index is 12.4. The van der Waals surface area contributed by atoms with Gasteiger partial charge in [-0.1, -0.05) is 18.2 Å². The molecule has 1 N–H and O–H groups in total. The van der Waals surface area contributed by atoms with Gasteiger partial charge in [-0.15, -0.1) is 0 Å². The SMILES string of the molecule is CCNC(=NCc1ccccc1OC(C)(C)C)N1CCN(CC(=O)N2CCCC2)CC1. The van der Waals surface area contributed by atoms with Crippen molar-refractivity contribution in [3.8, 4) is 5.75 Å². The highest BCUT2D eigenvalue weighted by Crippen LogP contribution is 2.23. The number of nitrogens with zero attached hydrogens (tertiary/aromatic N) is 4. The van der Waals surface area contributed by atoms with Crippen molar-refractivity contribution < 1.29 is 9.53 Å². The van der Waals surface area contributed by atoms with Crippen LogP contribution < -0.4 is 10.1 Å². The predicted octanol–water partition coefficient (Wildman–Crippen LogP) is 2.57. The van der Waals surface area contributed by atoms with Crippen molar-refractivity contribution >= 4 is 11.9 Å². The largest absolute Gasteiger partial charge is 0.488 e. The van der Waals surface area contributed by atoms with E-state index in [4.69, 9.17) is 9.73 Å². The van der Waals surface area contributed by atoms with E-state index in [0.29, 0.717) is 13.1 Å². The van der Waals surface area contributed by atoms with Crippen LogP contribution in [0.1, 0.15) is 46.1 Å². The minimum atomic E-state index is -0.243. The minimum absolute atomic E-state index is 0.243. The first-order valence-electron chi connectivity index (χ1n) is 11.7. The fourth-order valence-electron chi connectivity index (χ4n) is 4.03. The van der Waals surface area contributed by atoms with Crippen LogP contribution in [0.2, 0.25) is 0 Å². The lowest BCUT2D eigenvalue weighted by Crippen LogP contribution is -2.54. The van der Waals surface area contributed by atoms with Gasteiger partial charge in [0.15, 0.2) is 5.96 Å². The van der Waals surface area contributed by atoms with Crippen LogP contribution in [-0.2, 0) is 11.3 Å². The van der Waals surface area contributed by atoms with E-state index in [1.165, 1.54) is 0 Å². The van der Waals surface area contributed by atoms with Crippen LogP contribution in [0, 0.1) is 0 Å². The van der Waals surface area contributed by atoms with E-state index in [0.717, 1.165) is 75.9 Å². The summed E-state index contributed by atoms with van der Waals surface area (Å²) in [6.07, 6.45) is 2.29.